The number of nitrogen functional groups attached to an aromatic ring is 1. The van der Waals surface area contributed by atoms with E-state index >= 15 is 0 Å². The number of nitrogens with one attached hydrogen (secondary N) is 2. The van der Waals surface area contributed by atoms with Crippen LogP contribution in [0.5, 0.6) is 0 Å². The zero-order chi connectivity index (χ0) is 27.9. The van der Waals surface area contributed by atoms with E-state index in [1.54, 1.807) is 0 Å². The molecule has 212 valence electrons. The molecule has 39 heavy (non-hydrogen) atoms. The zero-order valence-electron chi connectivity index (χ0n) is 23.3. The van der Waals surface area contributed by atoms with Gasteiger partial charge in [0.25, 0.3) is 11.8 Å². The van der Waals surface area contributed by atoms with Crippen molar-refractivity contribution in [2.45, 2.75) is 51.6 Å². The fraction of sp³-hybridized carbons (Fsp3) is 0.571. The third-order valence-corrected chi connectivity index (χ3v) is 8.13. The Kier molecular flexibility index (Phi) is 9.99. The summed E-state index contributed by atoms with van der Waals surface area (Å²) in [7, 11) is 1.52. The molecule has 0 radical (unpaired) electrons. The molecule has 1 aromatic heterocycles. The summed E-state index contributed by atoms with van der Waals surface area (Å²) in [6.45, 7) is 10.6. The lowest BCUT2D eigenvalue weighted by atomic mass is 9.98. The van der Waals surface area contributed by atoms with Gasteiger partial charge in [0.2, 0.25) is 0 Å². The van der Waals surface area contributed by atoms with Crippen LogP contribution in [0.3, 0.4) is 0 Å². The quantitative estimate of drug-likeness (QED) is 0.403. The molecule has 10 nitrogen and oxygen atoms in total. The summed E-state index contributed by atoms with van der Waals surface area (Å²) in [5.41, 5.74) is 7.95. The summed E-state index contributed by atoms with van der Waals surface area (Å²) in [6, 6.07) is 8.61. The molecule has 4 N–H and O–H groups in total. The Balaban J connectivity index is 1.23. The average Bonchev–Trinajstić information content (AvgIpc) is 2.96. The molecule has 2 aliphatic rings. The van der Waals surface area contributed by atoms with Crippen LogP contribution in [0.4, 0.5) is 11.6 Å². The smallest absolute Gasteiger partial charge is 0.273 e. The van der Waals surface area contributed by atoms with Crippen molar-refractivity contribution in [1.82, 2.24) is 30.4 Å². The maximum absolute atomic E-state index is 12.3. The van der Waals surface area contributed by atoms with Crippen LogP contribution in [0.2, 0.25) is 5.15 Å². The first kappa shape index (κ1) is 29.0. The topological polar surface area (TPSA) is 120 Å². The standard InChI is InChI=1S/C28H41ClN8O2/c1-4-21-18-36(26-24(29)33-23(25(30)34-26)28(39)31-3)16-17-37(21)22-10-14-35(15-11-22)13-5-12-32-27(38)20-8-6-19(2)7-9-20/h6-9,21-22H,4-5,10-18H2,1-3H3,(H2,30,34)(H,31,39)(H,32,38)/t21-/m0/s1. The summed E-state index contributed by atoms with van der Waals surface area (Å²) in [5.74, 6) is 0.231. The molecule has 0 bridgehead atoms. The van der Waals surface area contributed by atoms with Crippen LogP contribution in [-0.4, -0.2) is 96.5 Å². The van der Waals surface area contributed by atoms with Crippen LogP contribution < -0.4 is 21.3 Å². The molecule has 2 fully saturated rings. The minimum atomic E-state index is -0.400. The van der Waals surface area contributed by atoms with Crippen molar-refractivity contribution in [2.75, 3.05) is 63.5 Å². The SMILES string of the molecule is CC[C@H]1CN(c2nc(N)c(C(=O)NC)nc2Cl)CCN1C1CCN(CCCNC(=O)c2ccc(C)cc2)CC1. The van der Waals surface area contributed by atoms with Crippen molar-refractivity contribution in [2.24, 2.45) is 0 Å². The van der Waals surface area contributed by atoms with Crippen LogP contribution in [0.25, 0.3) is 0 Å². The van der Waals surface area contributed by atoms with E-state index in [1.165, 1.54) is 7.05 Å². The van der Waals surface area contributed by atoms with E-state index in [-0.39, 0.29) is 22.6 Å². The number of amides is 2. The number of anilines is 2. The molecular formula is C28H41ClN8O2. The van der Waals surface area contributed by atoms with E-state index in [9.17, 15) is 9.59 Å². The third kappa shape index (κ3) is 7.17. The molecule has 4 rings (SSSR count). The molecule has 0 spiro atoms. The highest BCUT2D eigenvalue weighted by molar-refractivity contribution is 6.32. The van der Waals surface area contributed by atoms with Gasteiger partial charge in [-0.05, 0) is 64.4 Å². The molecule has 1 aromatic carbocycles. The van der Waals surface area contributed by atoms with Gasteiger partial charge in [-0.1, -0.05) is 36.2 Å². The van der Waals surface area contributed by atoms with Gasteiger partial charge in [-0.3, -0.25) is 14.5 Å². The monoisotopic (exact) mass is 556 g/mol. The normalized spacial score (nSPS) is 19.2. The van der Waals surface area contributed by atoms with Gasteiger partial charge in [0.1, 0.15) is 0 Å². The lowest BCUT2D eigenvalue weighted by molar-refractivity contribution is 0.0628. The maximum Gasteiger partial charge on any atom is 0.273 e. The molecular weight excluding hydrogens is 516 g/mol. The van der Waals surface area contributed by atoms with Crippen LogP contribution in [0, 0.1) is 6.92 Å². The number of carbonyl (C=O) groups is 2. The van der Waals surface area contributed by atoms with Gasteiger partial charge in [-0.25, -0.2) is 9.97 Å². The molecule has 2 aromatic rings. The molecule has 0 unspecified atom stereocenters. The summed E-state index contributed by atoms with van der Waals surface area (Å²) < 4.78 is 0. The number of piperidine rings is 1. The van der Waals surface area contributed by atoms with Crippen molar-refractivity contribution >= 4 is 35.1 Å². The van der Waals surface area contributed by atoms with Crippen molar-refractivity contribution in [3.63, 3.8) is 0 Å². The van der Waals surface area contributed by atoms with E-state index in [0.29, 0.717) is 30.0 Å². The predicted molar refractivity (Wildman–Crippen MR) is 155 cm³/mol. The lowest BCUT2D eigenvalue weighted by Crippen LogP contribution is -2.58. The number of nitrogens with zero attached hydrogens (tertiary/aromatic N) is 5. The van der Waals surface area contributed by atoms with Gasteiger partial charge < -0.3 is 26.2 Å². The zero-order valence-corrected chi connectivity index (χ0v) is 24.0. The summed E-state index contributed by atoms with van der Waals surface area (Å²) in [6.07, 6.45) is 4.25. The van der Waals surface area contributed by atoms with E-state index in [0.717, 1.165) is 70.5 Å². The highest BCUT2D eigenvalue weighted by atomic mass is 35.5. The van der Waals surface area contributed by atoms with Crippen LogP contribution in [0.15, 0.2) is 24.3 Å². The summed E-state index contributed by atoms with van der Waals surface area (Å²) in [5, 5.41) is 5.76. The Bertz CT molecular complexity index is 1140. The Morgan fingerprint density at radius 1 is 1.08 bits per heavy atom. The Morgan fingerprint density at radius 3 is 2.46 bits per heavy atom. The third-order valence-electron chi connectivity index (χ3n) is 7.88. The van der Waals surface area contributed by atoms with Gasteiger partial charge in [0, 0.05) is 50.9 Å². The Hall–Kier alpha value is -2.95. The highest BCUT2D eigenvalue weighted by Crippen LogP contribution is 2.29. The summed E-state index contributed by atoms with van der Waals surface area (Å²) >= 11 is 6.44. The number of rotatable bonds is 9. The number of carbonyl (C=O) groups excluding carboxylic acids is 2. The summed E-state index contributed by atoms with van der Waals surface area (Å²) in [4.78, 5) is 40.3. The number of benzene rings is 1. The minimum Gasteiger partial charge on any atom is -0.382 e. The molecule has 0 saturated carbocycles. The van der Waals surface area contributed by atoms with E-state index in [4.69, 9.17) is 17.3 Å². The van der Waals surface area contributed by atoms with Gasteiger partial charge >= 0.3 is 0 Å². The van der Waals surface area contributed by atoms with E-state index in [2.05, 4.69) is 42.2 Å². The fourth-order valence-electron chi connectivity index (χ4n) is 5.60. The minimum absolute atomic E-state index is 0.00388. The number of halogens is 1. The number of hydrogen-bond donors (Lipinski definition) is 3. The molecule has 0 aliphatic carbocycles. The second-order valence-corrected chi connectivity index (χ2v) is 10.8. The Morgan fingerprint density at radius 2 is 1.79 bits per heavy atom. The predicted octanol–water partition coefficient (Wildman–Crippen LogP) is 2.57. The number of likely N-dealkylation sites (tertiary alicyclic amines) is 1. The van der Waals surface area contributed by atoms with Gasteiger partial charge in [-0.15, -0.1) is 0 Å². The number of piperazine rings is 1. The highest BCUT2D eigenvalue weighted by Gasteiger charge is 2.34. The van der Waals surface area contributed by atoms with Gasteiger partial charge in [0.15, 0.2) is 22.5 Å². The largest absolute Gasteiger partial charge is 0.382 e. The number of hydrogen-bond acceptors (Lipinski definition) is 8. The van der Waals surface area contributed by atoms with Crippen LogP contribution in [0.1, 0.15) is 59.0 Å². The van der Waals surface area contributed by atoms with E-state index in [1.807, 2.05) is 31.2 Å². The fourth-order valence-corrected chi connectivity index (χ4v) is 5.84. The van der Waals surface area contributed by atoms with Crippen LogP contribution >= 0.6 is 11.6 Å². The second-order valence-electron chi connectivity index (χ2n) is 10.4. The van der Waals surface area contributed by atoms with Crippen molar-refractivity contribution in [3.8, 4) is 0 Å². The van der Waals surface area contributed by atoms with Crippen molar-refractivity contribution in [3.05, 3.63) is 46.2 Å². The first-order valence-electron chi connectivity index (χ1n) is 13.9. The maximum atomic E-state index is 12.3. The Labute approximate surface area is 236 Å². The van der Waals surface area contributed by atoms with Crippen molar-refractivity contribution < 1.29 is 9.59 Å². The van der Waals surface area contributed by atoms with Gasteiger partial charge in [0.05, 0.1) is 0 Å². The molecule has 3 heterocycles. The average molecular weight is 557 g/mol. The first-order valence-corrected chi connectivity index (χ1v) is 14.3. The first-order chi connectivity index (χ1) is 18.8. The van der Waals surface area contributed by atoms with Crippen LogP contribution in [-0.2, 0) is 0 Å². The molecule has 2 amide bonds. The molecule has 1 atom stereocenters. The number of aryl methyl sites for hydroxylation is 1. The number of nitrogens with two attached hydrogens (primary N) is 1. The van der Waals surface area contributed by atoms with Gasteiger partial charge in [-0.2, -0.15) is 0 Å². The van der Waals surface area contributed by atoms with E-state index < -0.39 is 5.91 Å². The molecule has 2 saturated heterocycles. The second kappa shape index (κ2) is 13.4. The lowest BCUT2D eigenvalue weighted by Gasteiger charge is -2.47. The van der Waals surface area contributed by atoms with Crippen molar-refractivity contribution in [1.29, 1.82) is 0 Å². The molecule has 11 heteroatoms. The number of aromatic nitrogens is 2. The molecule has 2 aliphatic heterocycles.